The molecule has 2 saturated heterocycles. The SMILES string of the molecule is Cc1cccc(CN2C(=O)/C(=C/c3ccccc3)SC3CCC(C(=O)N4CCN(c5cccc(C(F)(F)F)c5)CC4)CC32)c1. The molecule has 0 bridgehead atoms. The number of amides is 2. The van der Waals surface area contributed by atoms with Crippen LogP contribution in [0, 0.1) is 12.8 Å². The summed E-state index contributed by atoms with van der Waals surface area (Å²) in [5.74, 6) is -0.0976. The number of aryl methyl sites for hydroxylation is 1. The van der Waals surface area contributed by atoms with E-state index >= 15 is 0 Å². The van der Waals surface area contributed by atoms with E-state index in [1.54, 1.807) is 17.8 Å². The molecule has 3 atom stereocenters. The quantitative estimate of drug-likeness (QED) is 0.288. The molecule has 6 rings (SSSR count). The molecule has 3 aromatic carbocycles. The maximum absolute atomic E-state index is 14.0. The standard InChI is InChI=1S/C35H36F3N3O2S/c1-24-7-5-10-26(19-24)23-41-30-21-27(13-14-31(30)44-32(34(41)43)20-25-8-3-2-4-9-25)33(42)40-17-15-39(16-18-40)29-12-6-11-28(22-29)35(36,37)38/h2-12,19-20,22,27,30-31H,13-18,21,23H2,1H3/b32-20-. The summed E-state index contributed by atoms with van der Waals surface area (Å²) in [7, 11) is 0. The normalized spacial score (nSPS) is 23.5. The predicted molar refractivity (Wildman–Crippen MR) is 169 cm³/mol. The highest BCUT2D eigenvalue weighted by Crippen LogP contribution is 2.45. The Morgan fingerprint density at radius 1 is 0.932 bits per heavy atom. The molecule has 3 aromatic rings. The maximum atomic E-state index is 14.0. The molecule has 230 valence electrons. The van der Waals surface area contributed by atoms with E-state index in [2.05, 4.69) is 6.07 Å². The first-order chi connectivity index (χ1) is 21.2. The fraction of sp³-hybridized carbons (Fsp3) is 0.371. The van der Waals surface area contributed by atoms with Crippen LogP contribution in [0.15, 0.2) is 83.8 Å². The summed E-state index contributed by atoms with van der Waals surface area (Å²) in [4.78, 5) is 34.3. The van der Waals surface area contributed by atoms with Gasteiger partial charge in [0.05, 0.1) is 10.5 Å². The van der Waals surface area contributed by atoms with E-state index in [1.165, 1.54) is 12.1 Å². The van der Waals surface area contributed by atoms with Crippen molar-refractivity contribution in [1.29, 1.82) is 0 Å². The molecule has 1 aliphatic carbocycles. The van der Waals surface area contributed by atoms with Crippen molar-refractivity contribution < 1.29 is 22.8 Å². The minimum atomic E-state index is -4.39. The van der Waals surface area contributed by atoms with E-state index in [0.29, 0.717) is 44.8 Å². The zero-order valence-corrected chi connectivity index (χ0v) is 25.5. The van der Waals surface area contributed by atoms with Crippen LogP contribution in [-0.2, 0) is 22.3 Å². The summed E-state index contributed by atoms with van der Waals surface area (Å²) in [6, 6.07) is 23.4. The Morgan fingerprint density at radius 3 is 2.41 bits per heavy atom. The van der Waals surface area contributed by atoms with Crippen molar-refractivity contribution in [1.82, 2.24) is 9.80 Å². The highest BCUT2D eigenvalue weighted by molar-refractivity contribution is 8.04. The van der Waals surface area contributed by atoms with Gasteiger partial charge in [0.2, 0.25) is 5.91 Å². The Bertz CT molecular complexity index is 1540. The summed E-state index contributed by atoms with van der Waals surface area (Å²) in [6.07, 6.45) is -0.212. The number of carbonyl (C=O) groups is 2. The van der Waals surface area contributed by atoms with Gasteiger partial charge in [0, 0.05) is 55.6 Å². The molecule has 0 radical (unpaired) electrons. The van der Waals surface area contributed by atoms with E-state index in [4.69, 9.17) is 0 Å². The zero-order chi connectivity index (χ0) is 30.8. The van der Waals surface area contributed by atoms with Gasteiger partial charge < -0.3 is 14.7 Å². The first-order valence-electron chi connectivity index (χ1n) is 15.2. The molecule has 1 saturated carbocycles. The first-order valence-corrected chi connectivity index (χ1v) is 16.0. The number of thioether (sulfide) groups is 1. The second-order valence-corrected chi connectivity index (χ2v) is 13.2. The van der Waals surface area contributed by atoms with Crippen LogP contribution >= 0.6 is 11.8 Å². The van der Waals surface area contributed by atoms with E-state index in [-0.39, 0.29) is 29.0 Å². The number of hydrogen-bond donors (Lipinski definition) is 0. The average Bonchev–Trinajstić information content (AvgIpc) is 3.03. The Balaban J connectivity index is 1.16. The van der Waals surface area contributed by atoms with Crippen molar-refractivity contribution >= 4 is 35.3 Å². The van der Waals surface area contributed by atoms with E-state index in [0.717, 1.165) is 40.5 Å². The molecule has 0 spiro atoms. The number of anilines is 1. The van der Waals surface area contributed by atoms with Crippen LogP contribution in [0.5, 0.6) is 0 Å². The molecule has 2 aliphatic heterocycles. The Kier molecular flexibility index (Phi) is 8.76. The van der Waals surface area contributed by atoms with Crippen molar-refractivity contribution in [2.75, 3.05) is 31.1 Å². The van der Waals surface area contributed by atoms with Crippen molar-refractivity contribution in [3.8, 4) is 0 Å². The molecular formula is C35H36F3N3O2S. The molecule has 2 heterocycles. The Morgan fingerprint density at radius 2 is 1.68 bits per heavy atom. The van der Waals surface area contributed by atoms with Crippen molar-refractivity contribution in [3.63, 3.8) is 0 Å². The number of carbonyl (C=O) groups excluding carboxylic acids is 2. The zero-order valence-electron chi connectivity index (χ0n) is 24.7. The van der Waals surface area contributed by atoms with Gasteiger partial charge in [-0.15, -0.1) is 11.8 Å². The summed E-state index contributed by atoms with van der Waals surface area (Å²) in [5.41, 5.74) is 3.06. The number of hydrogen-bond acceptors (Lipinski definition) is 4. The van der Waals surface area contributed by atoms with Gasteiger partial charge >= 0.3 is 6.18 Å². The van der Waals surface area contributed by atoms with Gasteiger partial charge in [-0.3, -0.25) is 9.59 Å². The summed E-state index contributed by atoms with van der Waals surface area (Å²) >= 11 is 1.64. The molecule has 3 aliphatic rings. The van der Waals surface area contributed by atoms with Gasteiger partial charge in [-0.1, -0.05) is 66.2 Å². The third kappa shape index (κ3) is 6.67. The van der Waals surface area contributed by atoms with Crippen LogP contribution in [0.2, 0.25) is 0 Å². The third-order valence-corrected chi connectivity index (χ3v) is 10.3. The van der Waals surface area contributed by atoms with Gasteiger partial charge in [0.15, 0.2) is 0 Å². The molecule has 3 fully saturated rings. The number of piperazine rings is 1. The summed E-state index contributed by atoms with van der Waals surface area (Å²) in [6.45, 7) is 4.42. The minimum absolute atomic E-state index is 0.00408. The number of rotatable bonds is 5. The number of benzene rings is 3. The Hall–Kier alpha value is -3.72. The fourth-order valence-corrected chi connectivity index (χ4v) is 8.05. The van der Waals surface area contributed by atoms with Crippen molar-refractivity contribution in [2.24, 2.45) is 5.92 Å². The van der Waals surface area contributed by atoms with E-state index in [9.17, 15) is 22.8 Å². The second-order valence-electron chi connectivity index (χ2n) is 11.9. The summed E-state index contributed by atoms with van der Waals surface area (Å²) < 4.78 is 39.7. The highest BCUT2D eigenvalue weighted by atomic mass is 32.2. The smallest absolute Gasteiger partial charge is 0.368 e. The van der Waals surface area contributed by atoms with E-state index in [1.807, 2.05) is 76.2 Å². The van der Waals surface area contributed by atoms with Gasteiger partial charge in [-0.05, 0) is 61.6 Å². The first kappa shape index (κ1) is 30.3. The van der Waals surface area contributed by atoms with Crippen LogP contribution in [0.25, 0.3) is 6.08 Å². The lowest BCUT2D eigenvalue weighted by molar-refractivity contribution is -0.140. The van der Waals surface area contributed by atoms with E-state index < -0.39 is 11.7 Å². The van der Waals surface area contributed by atoms with Gasteiger partial charge in [0.25, 0.3) is 5.91 Å². The van der Waals surface area contributed by atoms with Gasteiger partial charge in [-0.25, -0.2) is 0 Å². The van der Waals surface area contributed by atoms with Crippen LogP contribution < -0.4 is 4.90 Å². The second kappa shape index (κ2) is 12.7. The van der Waals surface area contributed by atoms with Crippen LogP contribution in [0.1, 0.15) is 41.5 Å². The number of halogens is 3. The monoisotopic (exact) mass is 619 g/mol. The van der Waals surface area contributed by atoms with Gasteiger partial charge in [0.1, 0.15) is 0 Å². The lowest BCUT2D eigenvalue weighted by Gasteiger charge is -2.47. The number of fused-ring (bicyclic) bond motifs is 1. The molecular weight excluding hydrogens is 583 g/mol. The molecule has 0 N–H and O–H groups in total. The Labute approximate surface area is 260 Å². The molecule has 3 unspecified atom stereocenters. The van der Waals surface area contributed by atoms with Crippen LogP contribution in [0.4, 0.5) is 18.9 Å². The molecule has 44 heavy (non-hydrogen) atoms. The maximum Gasteiger partial charge on any atom is 0.416 e. The fourth-order valence-electron chi connectivity index (χ4n) is 6.63. The summed E-state index contributed by atoms with van der Waals surface area (Å²) in [5, 5.41) is 0.203. The number of nitrogens with zero attached hydrogens (tertiary/aromatic N) is 3. The predicted octanol–water partition coefficient (Wildman–Crippen LogP) is 7.02. The topological polar surface area (TPSA) is 43.9 Å². The largest absolute Gasteiger partial charge is 0.416 e. The lowest BCUT2D eigenvalue weighted by atomic mass is 9.83. The average molecular weight is 620 g/mol. The molecule has 9 heteroatoms. The van der Waals surface area contributed by atoms with Crippen LogP contribution in [0.3, 0.4) is 0 Å². The third-order valence-electron chi connectivity index (χ3n) is 8.92. The molecule has 5 nitrogen and oxygen atoms in total. The van der Waals surface area contributed by atoms with Crippen molar-refractivity contribution in [2.45, 2.75) is 50.2 Å². The molecule has 2 amide bonds. The number of alkyl halides is 3. The van der Waals surface area contributed by atoms with Gasteiger partial charge in [-0.2, -0.15) is 13.2 Å². The minimum Gasteiger partial charge on any atom is -0.368 e. The lowest BCUT2D eigenvalue weighted by Crippen LogP contribution is -2.55. The highest BCUT2D eigenvalue weighted by Gasteiger charge is 2.45. The van der Waals surface area contributed by atoms with Crippen molar-refractivity contribution in [3.05, 3.63) is 106 Å². The molecule has 0 aromatic heterocycles. The van der Waals surface area contributed by atoms with Crippen LogP contribution in [-0.4, -0.2) is 59.1 Å².